The molecular weight excluding hydrogens is 298 g/mol. The van der Waals surface area contributed by atoms with Crippen LogP contribution in [0.4, 0.5) is 5.13 Å². The third kappa shape index (κ3) is 3.03. The average molecular weight is 319 g/mol. The molecule has 0 aliphatic carbocycles. The van der Waals surface area contributed by atoms with Gasteiger partial charge in [-0.3, -0.25) is 0 Å². The summed E-state index contributed by atoms with van der Waals surface area (Å²) < 4.78 is 10.6. The van der Waals surface area contributed by atoms with Crippen molar-refractivity contribution in [3.8, 4) is 22.8 Å². The highest BCUT2D eigenvalue weighted by Gasteiger charge is 2.17. The molecule has 1 aromatic heterocycles. The Labute approximate surface area is 135 Å². The van der Waals surface area contributed by atoms with Crippen LogP contribution in [-0.4, -0.2) is 57.3 Å². The van der Waals surface area contributed by atoms with E-state index in [2.05, 4.69) is 22.2 Å². The largest absolute Gasteiger partial charge is 0.493 e. The van der Waals surface area contributed by atoms with Gasteiger partial charge in [-0.25, -0.2) is 4.98 Å². The first-order chi connectivity index (χ1) is 10.7. The Morgan fingerprint density at radius 1 is 1.05 bits per heavy atom. The van der Waals surface area contributed by atoms with E-state index in [0.717, 1.165) is 54.1 Å². The second kappa shape index (κ2) is 6.54. The van der Waals surface area contributed by atoms with Crippen LogP contribution in [0.5, 0.6) is 11.5 Å². The molecule has 1 aromatic carbocycles. The molecule has 0 bridgehead atoms. The molecule has 1 fully saturated rings. The summed E-state index contributed by atoms with van der Waals surface area (Å²) in [6, 6.07) is 5.91. The highest BCUT2D eigenvalue weighted by atomic mass is 32.1. The number of likely N-dealkylation sites (N-methyl/N-ethyl adjacent to an activating group) is 1. The van der Waals surface area contributed by atoms with Gasteiger partial charge in [0, 0.05) is 37.1 Å². The molecule has 0 N–H and O–H groups in total. The fourth-order valence-electron chi connectivity index (χ4n) is 2.54. The summed E-state index contributed by atoms with van der Waals surface area (Å²) in [6.45, 7) is 4.25. The lowest BCUT2D eigenvalue weighted by molar-refractivity contribution is 0.313. The fraction of sp³-hybridized carbons (Fsp3) is 0.438. The molecule has 0 atom stereocenters. The predicted molar refractivity (Wildman–Crippen MR) is 90.4 cm³/mol. The Morgan fingerprint density at radius 3 is 2.45 bits per heavy atom. The number of methoxy groups -OCH3 is 2. The molecule has 2 heterocycles. The molecule has 0 amide bonds. The SMILES string of the molecule is COc1ccc(-c2csc(N3CCN(C)CC3)n2)cc1OC. The van der Waals surface area contributed by atoms with Crippen molar-refractivity contribution in [3.05, 3.63) is 23.6 Å². The Bertz CT molecular complexity index is 636. The number of thiazole rings is 1. The minimum Gasteiger partial charge on any atom is -0.493 e. The molecule has 0 saturated carbocycles. The Kier molecular flexibility index (Phi) is 4.49. The normalized spacial score (nSPS) is 15.9. The standard InChI is InChI=1S/C16H21N3O2S/c1-18-6-8-19(9-7-18)16-17-13(11-22-16)12-4-5-14(20-2)15(10-12)21-3/h4-5,10-11H,6-9H2,1-3H3. The summed E-state index contributed by atoms with van der Waals surface area (Å²) in [5, 5.41) is 3.20. The van der Waals surface area contributed by atoms with Crippen LogP contribution < -0.4 is 14.4 Å². The van der Waals surface area contributed by atoms with E-state index < -0.39 is 0 Å². The number of hydrogen-bond donors (Lipinski definition) is 0. The van der Waals surface area contributed by atoms with Crippen molar-refractivity contribution in [2.45, 2.75) is 0 Å². The third-order valence-electron chi connectivity index (χ3n) is 3.95. The average Bonchev–Trinajstić information content (AvgIpc) is 3.05. The second-order valence-electron chi connectivity index (χ2n) is 5.38. The summed E-state index contributed by atoms with van der Waals surface area (Å²) in [5.74, 6) is 1.47. The van der Waals surface area contributed by atoms with E-state index in [9.17, 15) is 0 Å². The molecule has 1 aliphatic heterocycles. The number of aromatic nitrogens is 1. The van der Waals surface area contributed by atoms with Crippen molar-refractivity contribution in [3.63, 3.8) is 0 Å². The maximum absolute atomic E-state index is 5.37. The minimum atomic E-state index is 0.731. The van der Waals surface area contributed by atoms with Gasteiger partial charge in [-0.15, -0.1) is 11.3 Å². The van der Waals surface area contributed by atoms with Gasteiger partial charge >= 0.3 is 0 Å². The number of nitrogens with zero attached hydrogens (tertiary/aromatic N) is 3. The van der Waals surface area contributed by atoms with E-state index in [0.29, 0.717) is 0 Å². The van der Waals surface area contributed by atoms with Crippen molar-refractivity contribution in [2.75, 3.05) is 52.3 Å². The van der Waals surface area contributed by atoms with Gasteiger partial charge in [-0.05, 0) is 25.2 Å². The van der Waals surface area contributed by atoms with Gasteiger partial charge in [0.05, 0.1) is 19.9 Å². The van der Waals surface area contributed by atoms with E-state index in [4.69, 9.17) is 14.5 Å². The van der Waals surface area contributed by atoms with E-state index in [1.807, 2.05) is 18.2 Å². The van der Waals surface area contributed by atoms with Gasteiger partial charge in [-0.1, -0.05) is 0 Å². The molecule has 0 unspecified atom stereocenters. The number of ether oxygens (including phenoxy) is 2. The number of rotatable bonds is 4. The Balaban J connectivity index is 1.81. The van der Waals surface area contributed by atoms with Crippen molar-refractivity contribution < 1.29 is 9.47 Å². The lowest BCUT2D eigenvalue weighted by atomic mass is 10.1. The summed E-state index contributed by atoms with van der Waals surface area (Å²) in [6.07, 6.45) is 0. The molecular formula is C16H21N3O2S. The lowest BCUT2D eigenvalue weighted by Gasteiger charge is -2.32. The zero-order chi connectivity index (χ0) is 15.5. The summed E-state index contributed by atoms with van der Waals surface area (Å²) in [5.41, 5.74) is 2.04. The highest BCUT2D eigenvalue weighted by Crippen LogP contribution is 2.34. The second-order valence-corrected chi connectivity index (χ2v) is 6.21. The first-order valence-electron chi connectivity index (χ1n) is 7.32. The Hall–Kier alpha value is -1.79. The molecule has 1 saturated heterocycles. The van der Waals surface area contributed by atoms with Crippen molar-refractivity contribution >= 4 is 16.5 Å². The van der Waals surface area contributed by atoms with Crippen molar-refractivity contribution in [1.82, 2.24) is 9.88 Å². The van der Waals surface area contributed by atoms with Crippen LogP contribution in [0, 0.1) is 0 Å². The third-order valence-corrected chi connectivity index (χ3v) is 4.85. The molecule has 118 valence electrons. The summed E-state index contributed by atoms with van der Waals surface area (Å²) >= 11 is 1.70. The van der Waals surface area contributed by atoms with Crippen LogP contribution in [-0.2, 0) is 0 Å². The topological polar surface area (TPSA) is 37.8 Å². The number of benzene rings is 1. The zero-order valence-electron chi connectivity index (χ0n) is 13.2. The van der Waals surface area contributed by atoms with Crippen LogP contribution in [0.2, 0.25) is 0 Å². The quantitative estimate of drug-likeness (QED) is 0.866. The molecule has 2 aromatic rings. The van der Waals surface area contributed by atoms with Crippen molar-refractivity contribution in [2.24, 2.45) is 0 Å². The predicted octanol–water partition coefficient (Wildman–Crippen LogP) is 2.58. The molecule has 1 aliphatic rings. The van der Waals surface area contributed by atoms with E-state index in [-0.39, 0.29) is 0 Å². The molecule has 6 heteroatoms. The zero-order valence-corrected chi connectivity index (χ0v) is 14.0. The fourth-order valence-corrected chi connectivity index (χ4v) is 3.42. The van der Waals surface area contributed by atoms with Crippen LogP contribution >= 0.6 is 11.3 Å². The molecule has 22 heavy (non-hydrogen) atoms. The van der Waals surface area contributed by atoms with E-state index in [1.54, 1.807) is 25.6 Å². The molecule has 0 radical (unpaired) electrons. The van der Waals surface area contributed by atoms with Gasteiger partial charge in [0.1, 0.15) is 0 Å². The first kappa shape index (κ1) is 15.1. The molecule has 3 rings (SSSR count). The molecule has 0 spiro atoms. The van der Waals surface area contributed by atoms with E-state index in [1.165, 1.54) is 0 Å². The lowest BCUT2D eigenvalue weighted by Crippen LogP contribution is -2.44. The van der Waals surface area contributed by atoms with Crippen molar-refractivity contribution in [1.29, 1.82) is 0 Å². The summed E-state index contributed by atoms with van der Waals surface area (Å²) in [4.78, 5) is 9.49. The number of piperazine rings is 1. The minimum absolute atomic E-state index is 0.731. The van der Waals surface area contributed by atoms with Crippen LogP contribution in [0.1, 0.15) is 0 Å². The maximum Gasteiger partial charge on any atom is 0.185 e. The van der Waals surface area contributed by atoms with Crippen LogP contribution in [0.15, 0.2) is 23.6 Å². The van der Waals surface area contributed by atoms with Gasteiger partial charge in [-0.2, -0.15) is 0 Å². The van der Waals surface area contributed by atoms with Crippen LogP contribution in [0.25, 0.3) is 11.3 Å². The van der Waals surface area contributed by atoms with Gasteiger partial charge in [0.15, 0.2) is 16.6 Å². The van der Waals surface area contributed by atoms with Gasteiger partial charge < -0.3 is 19.3 Å². The van der Waals surface area contributed by atoms with Crippen LogP contribution in [0.3, 0.4) is 0 Å². The summed E-state index contributed by atoms with van der Waals surface area (Å²) in [7, 11) is 5.46. The number of anilines is 1. The maximum atomic E-state index is 5.37. The first-order valence-corrected chi connectivity index (χ1v) is 8.20. The van der Waals surface area contributed by atoms with E-state index >= 15 is 0 Å². The smallest absolute Gasteiger partial charge is 0.185 e. The van der Waals surface area contributed by atoms with Gasteiger partial charge in [0.25, 0.3) is 0 Å². The monoisotopic (exact) mass is 319 g/mol. The highest BCUT2D eigenvalue weighted by molar-refractivity contribution is 7.14. The Morgan fingerprint density at radius 2 is 1.77 bits per heavy atom. The number of hydrogen-bond acceptors (Lipinski definition) is 6. The molecule has 5 nitrogen and oxygen atoms in total. The van der Waals surface area contributed by atoms with Gasteiger partial charge in [0.2, 0.25) is 0 Å².